The first-order valence-corrected chi connectivity index (χ1v) is 6.67. The summed E-state index contributed by atoms with van der Waals surface area (Å²) in [5.74, 6) is 1.26. The Kier molecular flexibility index (Phi) is 4.31. The molecule has 2 unspecified atom stereocenters. The number of nitrogens with two attached hydrogens (primary N) is 1. The molecule has 1 aliphatic carbocycles. The van der Waals surface area contributed by atoms with Crippen molar-refractivity contribution in [2.24, 2.45) is 11.7 Å². The third-order valence-electron chi connectivity index (χ3n) is 3.97. The van der Waals surface area contributed by atoms with Crippen LogP contribution in [0.25, 0.3) is 0 Å². The van der Waals surface area contributed by atoms with Gasteiger partial charge in [0.15, 0.2) is 0 Å². The van der Waals surface area contributed by atoms with Crippen molar-refractivity contribution >= 4 is 11.5 Å². The van der Waals surface area contributed by atoms with Crippen LogP contribution in [-0.4, -0.2) is 29.5 Å². The van der Waals surface area contributed by atoms with Crippen molar-refractivity contribution in [1.82, 2.24) is 4.98 Å². The van der Waals surface area contributed by atoms with Gasteiger partial charge in [-0.2, -0.15) is 0 Å². The van der Waals surface area contributed by atoms with Gasteiger partial charge in [0.2, 0.25) is 0 Å². The molecule has 0 aromatic carbocycles. The number of hydrogen-bond acceptors (Lipinski definition) is 5. The zero-order chi connectivity index (χ0) is 13.8. The number of nitrogens with zero attached hydrogens (tertiary/aromatic N) is 3. The van der Waals surface area contributed by atoms with Gasteiger partial charge in [0.25, 0.3) is 5.69 Å². The number of nitro groups is 1. The van der Waals surface area contributed by atoms with E-state index in [1.54, 1.807) is 6.07 Å². The third kappa shape index (κ3) is 3.01. The van der Waals surface area contributed by atoms with Crippen LogP contribution in [0.2, 0.25) is 0 Å². The predicted octanol–water partition coefficient (Wildman–Crippen LogP) is 1.94. The first-order chi connectivity index (χ1) is 9.13. The average Bonchev–Trinajstić information content (AvgIpc) is 2.46. The Hall–Kier alpha value is -1.69. The van der Waals surface area contributed by atoms with Crippen LogP contribution in [0.3, 0.4) is 0 Å². The van der Waals surface area contributed by atoms with E-state index in [4.69, 9.17) is 5.73 Å². The van der Waals surface area contributed by atoms with Crippen molar-refractivity contribution in [3.05, 3.63) is 28.4 Å². The molecule has 6 nitrogen and oxygen atoms in total. The SMILES string of the molecule is CN(c1ccc([N+](=O)[O-])cn1)C1CCCCC1CN. The highest BCUT2D eigenvalue weighted by Crippen LogP contribution is 2.29. The molecule has 19 heavy (non-hydrogen) atoms. The van der Waals surface area contributed by atoms with Crippen molar-refractivity contribution in [1.29, 1.82) is 0 Å². The van der Waals surface area contributed by atoms with Gasteiger partial charge < -0.3 is 10.6 Å². The second kappa shape index (κ2) is 5.97. The molecule has 0 amide bonds. The minimum Gasteiger partial charge on any atom is -0.356 e. The van der Waals surface area contributed by atoms with E-state index in [-0.39, 0.29) is 5.69 Å². The molecule has 1 aromatic rings. The van der Waals surface area contributed by atoms with E-state index in [1.165, 1.54) is 25.1 Å². The minimum atomic E-state index is -0.430. The van der Waals surface area contributed by atoms with E-state index in [0.717, 1.165) is 18.7 Å². The van der Waals surface area contributed by atoms with Crippen LogP contribution in [0.4, 0.5) is 11.5 Å². The third-order valence-corrected chi connectivity index (χ3v) is 3.97. The summed E-state index contributed by atoms with van der Waals surface area (Å²) in [5, 5.41) is 10.6. The lowest BCUT2D eigenvalue weighted by Crippen LogP contribution is -2.43. The average molecular weight is 264 g/mol. The standard InChI is InChI=1S/C13H20N4O2/c1-16(12-5-3-2-4-10(12)8-14)13-7-6-11(9-15-13)17(18)19/h6-7,9-10,12H,2-5,8,14H2,1H3. The molecular formula is C13H20N4O2. The quantitative estimate of drug-likeness (QED) is 0.663. The summed E-state index contributed by atoms with van der Waals surface area (Å²) >= 11 is 0. The summed E-state index contributed by atoms with van der Waals surface area (Å²) in [6.07, 6.45) is 6.01. The second-order valence-electron chi connectivity index (χ2n) is 5.09. The van der Waals surface area contributed by atoms with Gasteiger partial charge in [-0.05, 0) is 31.4 Å². The first-order valence-electron chi connectivity index (χ1n) is 6.67. The predicted molar refractivity (Wildman–Crippen MR) is 74.1 cm³/mol. The number of pyridine rings is 1. The van der Waals surface area contributed by atoms with Crippen molar-refractivity contribution in [2.45, 2.75) is 31.7 Å². The summed E-state index contributed by atoms with van der Waals surface area (Å²) in [4.78, 5) is 16.5. The molecule has 2 rings (SSSR count). The Morgan fingerprint density at radius 1 is 1.47 bits per heavy atom. The van der Waals surface area contributed by atoms with E-state index in [0.29, 0.717) is 18.5 Å². The van der Waals surface area contributed by atoms with E-state index in [2.05, 4.69) is 9.88 Å². The molecule has 104 valence electrons. The molecule has 1 heterocycles. The fraction of sp³-hybridized carbons (Fsp3) is 0.615. The zero-order valence-electron chi connectivity index (χ0n) is 11.2. The van der Waals surface area contributed by atoms with Gasteiger partial charge in [-0.25, -0.2) is 4.98 Å². The molecule has 0 aliphatic heterocycles. The summed E-state index contributed by atoms with van der Waals surface area (Å²) in [6, 6.07) is 3.59. The minimum absolute atomic E-state index is 0.0242. The van der Waals surface area contributed by atoms with Gasteiger partial charge in [0, 0.05) is 19.2 Å². The molecule has 0 bridgehead atoms. The fourth-order valence-corrected chi connectivity index (χ4v) is 2.84. The van der Waals surface area contributed by atoms with Crippen molar-refractivity contribution in [3.63, 3.8) is 0 Å². The van der Waals surface area contributed by atoms with E-state index < -0.39 is 4.92 Å². The zero-order valence-corrected chi connectivity index (χ0v) is 11.2. The Morgan fingerprint density at radius 3 is 2.79 bits per heavy atom. The number of aromatic nitrogens is 1. The highest BCUT2D eigenvalue weighted by molar-refractivity contribution is 5.43. The monoisotopic (exact) mass is 264 g/mol. The molecule has 2 atom stereocenters. The Morgan fingerprint density at radius 2 is 2.21 bits per heavy atom. The topological polar surface area (TPSA) is 85.3 Å². The highest BCUT2D eigenvalue weighted by Gasteiger charge is 2.28. The summed E-state index contributed by atoms with van der Waals surface area (Å²) < 4.78 is 0. The lowest BCUT2D eigenvalue weighted by atomic mass is 9.84. The van der Waals surface area contributed by atoms with Gasteiger partial charge in [0.1, 0.15) is 12.0 Å². The van der Waals surface area contributed by atoms with Crippen LogP contribution < -0.4 is 10.6 Å². The molecule has 6 heteroatoms. The number of anilines is 1. The Bertz CT molecular complexity index is 435. The molecule has 0 radical (unpaired) electrons. The van der Waals surface area contributed by atoms with Crippen LogP contribution in [0, 0.1) is 16.0 Å². The van der Waals surface area contributed by atoms with Gasteiger partial charge in [-0.1, -0.05) is 12.8 Å². The van der Waals surface area contributed by atoms with Crippen LogP contribution in [0.5, 0.6) is 0 Å². The fourth-order valence-electron chi connectivity index (χ4n) is 2.84. The smallest absolute Gasteiger partial charge is 0.287 e. The molecule has 1 aliphatic rings. The molecular weight excluding hydrogens is 244 g/mol. The van der Waals surface area contributed by atoms with E-state index >= 15 is 0 Å². The number of hydrogen-bond donors (Lipinski definition) is 1. The number of rotatable bonds is 4. The molecule has 1 aromatic heterocycles. The van der Waals surface area contributed by atoms with Crippen LogP contribution in [-0.2, 0) is 0 Å². The van der Waals surface area contributed by atoms with Crippen LogP contribution in [0.15, 0.2) is 18.3 Å². The maximum Gasteiger partial charge on any atom is 0.287 e. The Labute approximate surface area is 112 Å². The maximum absolute atomic E-state index is 10.6. The van der Waals surface area contributed by atoms with Crippen molar-refractivity contribution in [2.75, 3.05) is 18.5 Å². The molecule has 1 fully saturated rings. The first kappa shape index (κ1) is 13.7. The van der Waals surface area contributed by atoms with Gasteiger partial charge in [-0.15, -0.1) is 0 Å². The van der Waals surface area contributed by atoms with Gasteiger partial charge in [0.05, 0.1) is 4.92 Å². The normalized spacial score (nSPS) is 23.1. The summed E-state index contributed by atoms with van der Waals surface area (Å²) in [7, 11) is 1.99. The van der Waals surface area contributed by atoms with Crippen LogP contribution in [0.1, 0.15) is 25.7 Å². The van der Waals surface area contributed by atoms with E-state index in [9.17, 15) is 10.1 Å². The molecule has 1 saturated carbocycles. The Balaban J connectivity index is 2.13. The largest absolute Gasteiger partial charge is 0.356 e. The van der Waals surface area contributed by atoms with Crippen molar-refractivity contribution in [3.8, 4) is 0 Å². The highest BCUT2D eigenvalue weighted by atomic mass is 16.6. The van der Waals surface area contributed by atoms with E-state index in [1.807, 2.05) is 7.05 Å². The van der Waals surface area contributed by atoms with Crippen molar-refractivity contribution < 1.29 is 4.92 Å². The second-order valence-corrected chi connectivity index (χ2v) is 5.09. The molecule has 2 N–H and O–H groups in total. The van der Waals surface area contributed by atoms with Gasteiger partial charge >= 0.3 is 0 Å². The van der Waals surface area contributed by atoms with Crippen LogP contribution >= 0.6 is 0 Å². The molecule has 0 spiro atoms. The lowest BCUT2D eigenvalue weighted by molar-refractivity contribution is -0.385. The lowest BCUT2D eigenvalue weighted by Gasteiger charge is -2.38. The van der Waals surface area contributed by atoms with Gasteiger partial charge in [-0.3, -0.25) is 10.1 Å². The molecule has 0 saturated heterocycles. The maximum atomic E-state index is 10.6. The summed E-state index contributed by atoms with van der Waals surface area (Å²) in [5.41, 5.74) is 5.86. The summed E-state index contributed by atoms with van der Waals surface area (Å²) in [6.45, 7) is 0.683.